The number of anilines is 1. The minimum absolute atomic E-state index is 0.0575. The Labute approximate surface area is 242 Å². The number of fused-ring (bicyclic) bond motifs is 1. The third kappa shape index (κ3) is 5.64. The number of nitrogens with two attached hydrogens (primary N) is 2. The van der Waals surface area contributed by atoms with Gasteiger partial charge in [0, 0.05) is 35.6 Å². The first-order valence-electron chi connectivity index (χ1n) is 13.1. The molecule has 0 unspecified atom stereocenters. The number of benzene rings is 1. The summed E-state index contributed by atoms with van der Waals surface area (Å²) in [6.07, 6.45) is 6.88. The Morgan fingerprint density at radius 2 is 2.08 bits per heavy atom. The molecule has 3 aromatic rings. The summed E-state index contributed by atoms with van der Waals surface area (Å²) >= 11 is 8.05. The van der Waals surface area contributed by atoms with E-state index < -0.39 is 0 Å². The number of likely N-dealkylation sites (tertiary alicyclic amines) is 1. The molecule has 4 N–H and O–H groups in total. The number of aliphatic imine (C=N–C) groups is 2. The van der Waals surface area contributed by atoms with Crippen LogP contribution in [0.5, 0.6) is 0 Å². The van der Waals surface area contributed by atoms with Gasteiger partial charge in [0.15, 0.2) is 0 Å². The molecule has 0 aliphatic carbocycles. The largest absolute Gasteiger partial charge is 0.384 e. The zero-order valence-corrected chi connectivity index (χ0v) is 24.2. The van der Waals surface area contributed by atoms with Crippen molar-refractivity contribution >= 4 is 52.6 Å². The van der Waals surface area contributed by atoms with Gasteiger partial charge in [-0.05, 0) is 57.2 Å². The van der Waals surface area contributed by atoms with Gasteiger partial charge in [-0.2, -0.15) is 0 Å². The van der Waals surface area contributed by atoms with Gasteiger partial charge in [-0.1, -0.05) is 29.4 Å². The van der Waals surface area contributed by atoms with Gasteiger partial charge in [0.1, 0.15) is 16.7 Å². The third-order valence-electron chi connectivity index (χ3n) is 7.89. The van der Waals surface area contributed by atoms with Crippen molar-refractivity contribution in [2.75, 3.05) is 25.4 Å². The Morgan fingerprint density at radius 3 is 2.73 bits per heavy atom. The molecule has 1 aromatic carbocycles. The van der Waals surface area contributed by atoms with E-state index in [0.29, 0.717) is 38.2 Å². The first kappa shape index (κ1) is 28.3. The SMILES string of the molecule is C=N/C(=C\N=C(C)N1CCC2(CC1)CO[C@@H](C)[C@H]2N)Sc1ccc2ncn(Cc3ccc(N)nc3)c(=O)c2c1Cl. The fourth-order valence-electron chi connectivity index (χ4n) is 5.29. The standard InChI is InChI=1S/C28H33ClN8O2S/c1-17-26(31)28(15-39-17)8-10-36(11-9-28)18(2)33-13-23(32-3)40-21-6-5-20-24(25(21)29)27(38)37(16-35-20)14-19-4-7-22(30)34-12-19/h4-7,12-13,16-17,26H,3,8-11,14-15,31H2,1-2H3,(H2,30,34)/b23-13+,33-18?/t17-,26+/m0/s1. The van der Waals surface area contributed by atoms with Crippen LogP contribution in [0.2, 0.25) is 5.02 Å². The lowest BCUT2D eigenvalue weighted by molar-refractivity contribution is 0.0838. The van der Waals surface area contributed by atoms with Gasteiger partial charge in [-0.3, -0.25) is 14.4 Å². The molecular weight excluding hydrogens is 548 g/mol. The second-order valence-corrected chi connectivity index (χ2v) is 11.8. The van der Waals surface area contributed by atoms with Crippen LogP contribution >= 0.6 is 23.4 Å². The maximum atomic E-state index is 13.3. The van der Waals surface area contributed by atoms with Crippen molar-refractivity contribution in [3.05, 3.63) is 69.0 Å². The molecule has 2 aromatic heterocycles. The second kappa shape index (κ2) is 11.7. The summed E-state index contributed by atoms with van der Waals surface area (Å²) in [5, 5.41) is 1.21. The number of hydrogen-bond donors (Lipinski definition) is 2. The molecule has 40 heavy (non-hydrogen) atoms. The number of nitrogens with zero attached hydrogens (tertiary/aromatic N) is 6. The second-order valence-electron chi connectivity index (χ2n) is 10.3. The number of thioether (sulfide) groups is 1. The molecule has 2 fully saturated rings. The maximum absolute atomic E-state index is 13.3. The first-order chi connectivity index (χ1) is 19.2. The highest BCUT2D eigenvalue weighted by molar-refractivity contribution is 8.03. The van der Waals surface area contributed by atoms with E-state index in [1.807, 2.05) is 19.1 Å². The van der Waals surface area contributed by atoms with Crippen molar-refractivity contribution in [3.63, 3.8) is 0 Å². The number of ether oxygens (including phenoxy) is 1. The zero-order chi connectivity index (χ0) is 28.4. The lowest BCUT2D eigenvalue weighted by Crippen LogP contribution is -2.51. The predicted octanol–water partition coefficient (Wildman–Crippen LogP) is 3.91. The van der Waals surface area contributed by atoms with Crippen molar-refractivity contribution in [1.82, 2.24) is 19.4 Å². The summed E-state index contributed by atoms with van der Waals surface area (Å²) in [5.74, 6) is 1.31. The van der Waals surface area contributed by atoms with Crippen molar-refractivity contribution in [2.24, 2.45) is 21.1 Å². The van der Waals surface area contributed by atoms with Gasteiger partial charge in [-0.15, -0.1) is 0 Å². The van der Waals surface area contributed by atoms with Crippen LogP contribution < -0.4 is 17.0 Å². The van der Waals surface area contributed by atoms with Gasteiger partial charge in [0.25, 0.3) is 5.56 Å². The van der Waals surface area contributed by atoms with Crippen LogP contribution in [0.25, 0.3) is 10.9 Å². The fraction of sp³-hybridized carbons (Fsp3) is 0.393. The van der Waals surface area contributed by atoms with Crippen LogP contribution in [0.4, 0.5) is 5.82 Å². The van der Waals surface area contributed by atoms with Crippen LogP contribution in [-0.4, -0.2) is 63.8 Å². The number of nitrogen functional groups attached to an aromatic ring is 1. The number of pyridine rings is 1. The summed E-state index contributed by atoms with van der Waals surface area (Å²) in [5.41, 5.74) is 13.3. The van der Waals surface area contributed by atoms with E-state index in [4.69, 9.17) is 27.8 Å². The summed E-state index contributed by atoms with van der Waals surface area (Å²) < 4.78 is 7.34. The molecule has 0 saturated carbocycles. The highest BCUT2D eigenvalue weighted by Crippen LogP contribution is 2.41. The average Bonchev–Trinajstić information content (AvgIpc) is 3.23. The quantitative estimate of drug-likeness (QED) is 0.254. The van der Waals surface area contributed by atoms with Crippen LogP contribution in [0.1, 0.15) is 32.3 Å². The van der Waals surface area contributed by atoms with E-state index in [9.17, 15) is 4.79 Å². The van der Waals surface area contributed by atoms with Crippen molar-refractivity contribution in [2.45, 2.75) is 50.3 Å². The number of amidine groups is 1. The molecule has 4 heterocycles. The molecule has 2 aliphatic rings. The van der Waals surface area contributed by atoms with E-state index >= 15 is 0 Å². The molecule has 2 saturated heterocycles. The molecule has 1 spiro atoms. The van der Waals surface area contributed by atoms with E-state index in [2.05, 4.69) is 38.5 Å². The van der Waals surface area contributed by atoms with Crippen LogP contribution in [-0.2, 0) is 11.3 Å². The van der Waals surface area contributed by atoms with E-state index in [0.717, 1.165) is 43.9 Å². The lowest BCUT2D eigenvalue weighted by atomic mass is 9.73. The Bertz CT molecular complexity index is 1530. The summed E-state index contributed by atoms with van der Waals surface area (Å²) in [7, 11) is 0. The number of rotatable bonds is 6. The third-order valence-corrected chi connectivity index (χ3v) is 9.40. The lowest BCUT2D eigenvalue weighted by Gasteiger charge is -2.41. The molecule has 0 amide bonds. The molecule has 12 heteroatoms. The van der Waals surface area contributed by atoms with Gasteiger partial charge in [-0.25, -0.2) is 15.0 Å². The molecule has 210 valence electrons. The van der Waals surface area contributed by atoms with Gasteiger partial charge in [0.05, 0.1) is 47.7 Å². The van der Waals surface area contributed by atoms with E-state index in [-0.39, 0.29) is 23.1 Å². The van der Waals surface area contributed by atoms with Crippen LogP contribution in [0.3, 0.4) is 0 Å². The topological polar surface area (TPSA) is 137 Å². The van der Waals surface area contributed by atoms with Crippen molar-refractivity contribution in [1.29, 1.82) is 0 Å². The summed E-state index contributed by atoms with van der Waals surface area (Å²) in [6.45, 7) is 10.5. The van der Waals surface area contributed by atoms with E-state index in [1.54, 1.807) is 24.5 Å². The Hall–Kier alpha value is -3.25. The summed E-state index contributed by atoms with van der Waals surface area (Å²) in [6, 6.07) is 7.18. The maximum Gasteiger partial charge on any atom is 0.263 e. The monoisotopic (exact) mass is 580 g/mol. The Morgan fingerprint density at radius 1 is 1.30 bits per heavy atom. The van der Waals surface area contributed by atoms with Gasteiger partial charge < -0.3 is 21.1 Å². The zero-order valence-electron chi connectivity index (χ0n) is 22.6. The predicted molar refractivity (Wildman–Crippen MR) is 162 cm³/mol. The number of hydrogen-bond acceptors (Lipinski definition) is 9. The summed E-state index contributed by atoms with van der Waals surface area (Å²) in [4.78, 5) is 33.6. The molecule has 2 atom stereocenters. The first-order valence-corrected chi connectivity index (χ1v) is 14.3. The number of halogens is 1. The number of aromatic nitrogens is 3. The van der Waals surface area contributed by atoms with Crippen LogP contribution in [0.15, 0.2) is 67.7 Å². The van der Waals surface area contributed by atoms with Crippen LogP contribution in [0, 0.1) is 5.41 Å². The molecule has 0 bridgehead atoms. The smallest absolute Gasteiger partial charge is 0.263 e. The van der Waals surface area contributed by atoms with E-state index in [1.165, 1.54) is 22.7 Å². The molecule has 2 aliphatic heterocycles. The number of piperidine rings is 1. The highest BCUT2D eigenvalue weighted by atomic mass is 35.5. The minimum atomic E-state index is -0.245. The molecule has 5 rings (SSSR count). The normalized spacial score (nSPS) is 21.4. The molecular formula is C28H33ClN8O2S. The Balaban J connectivity index is 1.32. The van der Waals surface area contributed by atoms with Gasteiger partial charge >= 0.3 is 0 Å². The molecule has 0 radical (unpaired) electrons. The molecule has 10 nitrogen and oxygen atoms in total. The fourth-order valence-corrected chi connectivity index (χ4v) is 6.37. The average molecular weight is 581 g/mol. The minimum Gasteiger partial charge on any atom is -0.384 e. The van der Waals surface area contributed by atoms with Crippen molar-refractivity contribution in [3.8, 4) is 0 Å². The van der Waals surface area contributed by atoms with Gasteiger partial charge in [0.2, 0.25) is 0 Å². The highest BCUT2D eigenvalue weighted by Gasteiger charge is 2.47. The Kier molecular flexibility index (Phi) is 8.27. The van der Waals surface area contributed by atoms with Crippen molar-refractivity contribution < 1.29 is 4.74 Å².